The molecular formula is C15H15F3N4O. The second kappa shape index (κ2) is 6.41. The van der Waals surface area contributed by atoms with Crippen LogP contribution in [0, 0.1) is 0 Å². The number of alkyl halides is 3. The lowest BCUT2D eigenvalue weighted by molar-refractivity contribution is -0.141. The van der Waals surface area contributed by atoms with Crippen molar-refractivity contribution in [2.45, 2.75) is 6.18 Å². The average molecular weight is 324 g/mol. The number of nitrogens with zero attached hydrogens (tertiary/aromatic N) is 3. The number of rotatable bonds is 3. The molecule has 8 heteroatoms. The molecule has 0 bridgehead atoms. The van der Waals surface area contributed by atoms with Gasteiger partial charge >= 0.3 is 12.2 Å². The highest BCUT2D eigenvalue weighted by Crippen LogP contribution is 2.29. The number of hydrogen-bond donors (Lipinski definition) is 1. The highest BCUT2D eigenvalue weighted by atomic mass is 19.4. The van der Waals surface area contributed by atoms with Crippen LogP contribution in [0.15, 0.2) is 36.5 Å². The molecule has 1 aromatic heterocycles. The Morgan fingerprint density at radius 1 is 1.04 bits per heavy atom. The van der Waals surface area contributed by atoms with Gasteiger partial charge in [-0.15, -0.1) is 0 Å². The summed E-state index contributed by atoms with van der Waals surface area (Å²) in [6.45, 7) is 3.68. The van der Waals surface area contributed by atoms with E-state index in [2.05, 4.69) is 20.2 Å². The van der Waals surface area contributed by atoms with E-state index >= 15 is 0 Å². The molecule has 3 rings (SSSR count). The fourth-order valence-electron chi connectivity index (χ4n) is 2.30. The van der Waals surface area contributed by atoms with E-state index in [1.54, 1.807) is 12.1 Å². The van der Waals surface area contributed by atoms with Gasteiger partial charge in [-0.3, -0.25) is 0 Å². The Morgan fingerprint density at radius 2 is 1.74 bits per heavy atom. The monoisotopic (exact) mass is 324 g/mol. The SMILES string of the molecule is FC(F)(F)c1ccnc(Oc2ccc(N3CCNCC3)cc2)n1. The maximum Gasteiger partial charge on any atom is 0.433 e. The van der Waals surface area contributed by atoms with Crippen LogP contribution in [0.1, 0.15) is 5.69 Å². The molecule has 0 amide bonds. The van der Waals surface area contributed by atoms with Gasteiger partial charge in [-0.25, -0.2) is 4.98 Å². The number of benzene rings is 1. The van der Waals surface area contributed by atoms with E-state index in [-0.39, 0.29) is 6.01 Å². The van der Waals surface area contributed by atoms with Gasteiger partial charge in [0.05, 0.1) is 0 Å². The first-order valence-electron chi connectivity index (χ1n) is 7.16. The lowest BCUT2D eigenvalue weighted by Gasteiger charge is -2.29. The van der Waals surface area contributed by atoms with Crippen LogP contribution in [0.5, 0.6) is 11.8 Å². The van der Waals surface area contributed by atoms with E-state index in [0.29, 0.717) is 5.75 Å². The van der Waals surface area contributed by atoms with Crippen molar-refractivity contribution in [3.8, 4) is 11.8 Å². The third kappa shape index (κ3) is 3.89. The number of anilines is 1. The Bertz CT molecular complexity index is 655. The van der Waals surface area contributed by atoms with Gasteiger partial charge in [0.2, 0.25) is 0 Å². The highest BCUT2D eigenvalue weighted by molar-refractivity contribution is 5.49. The molecule has 0 unspecified atom stereocenters. The molecule has 0 atom stereocenters. The molecular weight excluding hydrogens is 309 g/mol. The summed E-state index contributed by atoms with van der Waals surface area (Å²) in [5.41, 5.74) is 0.0174. The maximum absolute atomic E-state index is 12.6. The molecule has 5 nitrogen and oxygen atoms in total. The average Bonchev–Trinajstić information content (AvgIpc) is 2.56. The fourth-order valence-corrected chi connectivity index (χ4v) is 2.30. The van der Waals surface area contributed by atoms with Gasteiger partial charge in [-0.05, 0) is 30.3 Å². The molecule has 0 radical (unpaired) electrons. The number of hydrogen-bond acceptors (Lipinski definition) is 5. The lowest BCUT2D eigenvalue weighted by atomic mass is 10.2. The van der Waals surface area contributed by atoms with Gasteiger partial charge in [0.1, 0.15) is 5.75 Å². The largest absolute Gasteiger partial charge is 0.433 e. The fraction of sp³-hybridized carbons (Fsp3) is 0.333. The molecule has 2 aromatic rings. The minimum atomic E-state index is -4.52. The molecule has 23 heavy (non-hydrogen) atoms. The molecule has 1 N–H and O–H groups in total. The van der Waals surface area contributed by atoms with Crippen molar-refractivity contribution in [1.82, 2.24) is 15.3 Å². The molecule has 0 spiro atoms. The van der Waals surface area contributed by atoms with Crippen LogP contribution in [0.3, 0.4) is 0 Å². The second-order valence-electron chi connectivity index (χ2n) is 5.06. The van der Waals surface area contributed by atoms with E-state index in [1.165, 1.54) is 0 Å². The van der Waals surface area contributed by atoms with Gasteiger partial charge in [-0.1, -0.05) is 0 Å². The van der Waals surface area contributed by atoms with Crippen LogP contribution >= 0.6 is 0 Å². The van der Waals surface area contributed by atoms with Gasteiger partial charge in [0, 0.05) is 38.1 Å². The van der Waals surface area contributed by atoms with Crippen molar-refractivity contribution in [3.63, 3.8) is 0 Å². The minimum Gasteiger partial charge on any atom is -0.424 e. The topological polar surface area (TPSA) is 50.3 Å². The van der Waals surface area contributed by atoms with E-state index in [1.807, 2.05) is 12.1 Å². The predicted octanol–water partition coefficient (Wildman–Crippen LogP) is 2.70. The van der Waals surface area contributed by atoms with Gasteiger partial charge in [0.25, 0.3) is 0 Å². The van der Waals surface area contributed by atoms with Crippen molar-refractivity contribution < 1.29 is 17.9 Å². The standard InChI is InChI=1S/C15H15F3N4O/c16-15(17,18)13-5-6-20-14(21-13)23-12-3-1-11(2-4-12)22-9-7-19-8-10-22/h1-6,19H,7-10H2. The van der Waals surface area contributed by atoms with Crippen LogP contribution in [-0.4, -0.2) is 36.1 Å². The van der Waals surface area contributed by atoms with E-state index in [9.17, 15) is 13.2 Å². The molecule has 1 aromatic carbocycles. The summed E-state index contributed by atoms with van der Waals surface area (Å²) >= 11 is 0. The third-order valence-corrected chi connectivity index (χ3v) is 3.45. The quantitative estimate of drug-likeness (QED) is 0.941. The first-order chi connectivity index (χ1) is 11.0. The zero-order valence-corrected chi connectivity index (χ0v) is 12.2. The van der Waals surface area contributed by atoms with Gasteiger partial charge < -0.3 is 15.0 Å². The first kappa shape index (κ1) is 15.5. The van der Waals surface area contributed by atoms with Crippen LogP contribution in [-0.2, 0) is 6.18 Å². The van der Waals surface area contributed by atoms with Crippen LogP contribution in [0.2, 0.25) is 0 Å². The van der Waals surface area contributed by atoms with E-state index in [4.69, 9.17) is 4.74 Å². The Labute approximate surface area is 131 Å². The zero-order valence-electron chi connectivity index (χ0n) is 12.2. The minimum absolute atomic E-state index is 0.324. The molecule has 1 aliphatic rings. The Kier molecular flexibility index (Phi) is 4.33. The predicted molar refractivity (Wildman–Crippen MR) is 78.6 cm³/mol. The summed E-state index contributed by atoms with van der Waals surface area (Å²) in [4.78, 5) is 9.31. The molecule has 1 aliphatic heterocycles. The molecule has 1 saturated heterocycles. The first-order valence-corrected chi connectivity index (χ1v) is 7.16. The second-order valence-corrected chi connectivity index (χ2v) is 5.06. The molecule has 0 aliphatic carbocycles. The van der Waals surface area contributed by atoms with Crippen molar-refractivity contribution in [2.24, 2.45) is 0 Å². The molecule has 0 saturated carbocycles. The van der Waals surface area contributed by atoms with Crippen molar-refractivity contribution in [3.05, 3.63) is 42.2 Å². The Morgan fingerprint density at radius 3 is 2.39 bits per heavy atom. The Hall–Kier alpha value is -2.35. The van der Waals surface area contributed by atoms with E-state index < -0.39 is 11.9 Å². The number of piperazine rings is 1. The highest BCUT2D eigenvalue weighted by Gasteiger charge is 2.33. The molecule has 122 valence electrons. The summed E-state index contributed by atoms with van der Waals surface area (Å²) in [7, 11) is 0. The summed E-state index contributed by atoms with van der Waals surface area (Å²) < 4.78 is 43.1. The lowest BCUT2D eigenvalue weighted by Crippen LogP contribution is -2.43. The number of halogens is 3. The summed E-state index contributed by atoms with van der Waals surface area (Å²) in [5, 5.41) is 3.27. The van der Waals surface area contributed by atoms with Gasteiger partial charge in [0.15, 0.2) is 5.69 Å². The van der Waals surface area contributed by atoms with Crippen LogP contribution in [0.25, 0.3) is 0 Å². The third-order valence-electron chi connectivity index (χ3n) is 3.45. The van der Waals surface area contributed by atoms with E-state index in [0.717, 1.165) is 44.1 Å². The van der Waals surface area contributed by atoms with Crippen molar-refractivity contribution >= 4 is 5.69 Å². The summed E-state index contributed by atoms with van der Waals surface area (Å²) in [6, 6.07) is 7.61. The summed E-state index contributed by atoms with van der Waals surface area (Å²) in [5.74, 6) is 0.392. The van der Waals surface area contributed by atoms with Crippen LogP contribution in [0.4, 0.5) is 18.9 Å². The summed E-state index contributed by atoms with van der Waals surface area (Å²) in [6.07, 6.45) is -3.49. The Balaban J connectivity index is 1.71. The number of nitrogens with one attached hydrogen (secondary N) is 1. The van der Waals surface area contributed by atoms with Crippen LogP contribution < -0.4 is 15.0 Å². The number of ether oxygens (including phenoxy) is 1. The normalized spacial score (nSPS) is 15.5. The smallest absolute Gasteiger partial charge is 0.424 e. The zero-order chi connectivity index (χ0) is 16.3. The molecule has 1 fully saturated rings. The van der Waals surface area contributed by atoms with Crippen molar-refractivity contribution in [1.29, 1.82) is 0 Å². The molecule has 2 heterocycles. The maximum atomic E-state index is 12.6. The number of aromatic nitrogens is 2. The van der Waals surface area contributed by atoms with Crippen molar-refractivity contribution in [2.75, 3.05) is 31.1 Å². The van der Waals surface area contributed by atoms with Gasteiger partial charge in [-0.2, -0.15) is 18.2 Å².